The molecule has 3 N–H and O–H groups in total. The maximum absolute atomic E-state index is 11.9. The van der Waals surface area contributed by atoms with Crippen molar-refractivity contribution in [3.63, 3.8) is 0 Å². The fraction of sp³-hybridized carbons (Fsp3) is 0.154. The van der Waals surface area contributed by atoms with Gasteiger partial charge in [-0.05, 0) is 46.6 Å². The number of rotatable bonds is 4. The Morgan fingerprint density at radius 1 is 1.57 bits per heavy atom. The van der Waals surface area contributed by atoms with Gasteiger partial charge >= 0.3 is 0 Å². The second-order valence-corrected chi connectivity index (χ2v) is 5.94. The van der Waals surface area contributed by atoms with Crippen LogP contribution in [0.3, 0.4) is 0 Å². The number of thiazole rings is 1. The minimum Gasteiger partial charge on any atom is -0.496 e. The largest absolute Gasteiger partial charge is 0.496 e. The van der Waals surface area contributed by atoms with Crippen molar-refractivity contribution in [2.45, 2.75) is 6.92 Å². The molecule has 0 aliphatic heterocycles. The van der Waals surface area contributed by atoms with Crippen molar-refractivity contribution in [1.82, 2.24) is 10.4 Å². The van der Waals surface area contributed by atoms with Crippen molar-refractivity contribution in [2.75, 3.05) is 12.8 Å². The Balaban J connectivity index is 2.04. The molecule has 2 rings (SSSR count). The number of anilines is 1. The molecule has 0 radical (unpaired) electrons. The molecule has 0 unspecified atom stereocenters. The molecule has 110 valence electrons. The van der Waals surface area contributed by atoms with E-state index < -0.39 is 0 Å². The molecule has 21 heavy (non-hydrogen) atoms. The highest BCUT2D eigenvalue weighted by molar-refractivity contribution is 9.10. The van der Waals surface area contributed by atoms with Gasteiger partial charge in [-0.1, -0.05) is 11.3 Å². The Hall–Kier alpha value is -1.93. The van der Waals surface area contributed by atoms with Gasteiger partial charge in [-0.25, -0.2) is 10.4 Å². The molecule has 0 bridgehead atoms. The molecule has 8 heteroatoms. The van der Waals surface area contributed by atoms with Gasteiger partial charge in [0.1, 0.15) is 10.6 Å². The minimum absolute atomic E-state index is 0.328. The molecular formula is C13H13BrN4O2S. The fourth-order valence-corrected chi connectivity index (χ4v) is 2.89. The lowest BCUT2D eigenvalue weighted by Crippen LogP contribution is -2.17. The van der Waals surface area contributed by atoms with Crippen molar-refractivity contribution in [2.24, 2.45) is 5.10 Å². The number of hydrogen-bond donors (Lipinski definition) is 2. The zero-order valence-electron chi connectivity index (χ0n) is 11.4. The number of nitrogen functional groups attached to an aromatic ring is 1. The number of benzene rings is 1. The monoisotopic (exact) mass is 368 g/mol. The average Bonchev–Trinajstić information content (AvgIpc) is 2.78. The van der Waals surface area contributed by atoms with Crippen LogP contribution >= 0.6 is 27.3 Å². The summed E-state index contributed by atoms with van der Waals surface area (Å²) in [5, 5.41) is 4.28. The van der Waals surface area contributed by atoms with Gasteiger partial charge in [0.2, 0.25) is 0 Å². The van der Waals surface area contributed by atoms with Crippen molar-refractivity contribution < 1.29 is 9.53 Å². The van der Waals surface area contributed by atoms with Gasteiger partial charge in [-0.2, -0.15) is 5.10 Å². The van der Waals surface area contributed by atoms with Crippen molar-refractivity contribution in [3.8, 4) is 5.75 Å². The Labute approximate surface area is 134 Å². The van der Waals surface area contributed by atoms with Crippen LogP contribution in [0.15, 0.2) is 27.8 Å². The number of aromatic nitrogens is 1. The molecule has 2 aromatic rings. The summed E-state index contributed by atoms with van der Waals surface area (Å²) in [5.74, 6) is 0.400. The molecule has 0 atom stereocenters. The molecule has 0 aliphatic rings. The Morgan fingerprint density at radius 2 is 2.33 bits per heavy atom. The minimum atomic E-state index is -0.328. The van der Waals surface area contributed by atoms with Gasteiger partial charge < -0.3 is 10.5 Å². The van der Waals surface area contributed by atoms with Gasteiger partial charge in [-0.3, -0.25) is 4.79 Å². The number of hydrogen-bond acceptors (Lipinski definition) is 6. The lowest BCUT2D eigenvalue weighted by Gasteiger charge is -2.03. The average molecular weight is 369 g/mol. The molecule has 1 amide bonds. The Bertz CT molecular complexity index is 699. The quantitative estimate of drug-likeness (QED) is 0.640. The second kappa shape index (κ2) is 6.68. The summed E-state index contributed by atoms with van der Waals surface area (Å²) in [6, 6.07) is 5.47. The maximum Gasteiger partial charge on any atom is 0.283 e. The third kappa shape index (κ3) is 3.79. The number of nitrogens with two attached hydrogens (primary N) is 1. The molecule has 0 aliphatic carbocycles. The van der Waals surface area contributed by atoms with Crippen molar-refractivity contribution in [1.29, 1.82) is 0 Å². The van der Waals surface area contributed by atoms with Gasteiger partial charge in [0.15, 0.2) is 5.13 Å². The summed E-state index contributed by atoms with van der Waals surface area (Å²) in [5.41, 5.74) is 9.42. The predicted octanol–water partition coefficient (Wildman–Crippen LogP) is 2.57. The first-order valence-electron chi connectivity index (χ1n) is 5.91. The summed E-state index contributed by atoms with van der Waals surface area (Å²) in [6.45, 7) is 1.73. The SMILES string of the molecule is COc1ccc(C=NNC(=O)c2sc(N)nc2C)cc1Br. The maximum atomic E-state index is 11.9. The molecule has 6 nitrogen and oxygen atoms in total. The van der Waals surface area contributed by atoms with E-state index in [4.69, 9.17) is 10.5 Å². The van der Waals surface area contributed by atoms with Crippen LogP contribution in [0.5, 0.6) is 5.75 Å². The van der Waals surface area contributed by atoms with Crippen LogP contribution in [0.2, 0.25) is 0 Å². The third-order valence-electron chi connectivity index (χ3n) is 2.57. The number of hydrazone groups is 1. The summed E-state index contributed by atoms with van der Waals surface area (Å²) in [6.07, 6.45) is 1.54. The normalized spacial score (nSPS) is 10.8. The Morgan fingerprint density at radius 3 is 2.90 bits per heavy atom. The number of ether oxygens (including phenoxy) is 1. The van der Waals surface area contributed by atoms with Gasteiger partial charge in [0.25, 0.3) is 5.91 Å². The number of carbonyl (C=O) groups is 1. The number of nitrogens with zero attached hydrogens (tertiary/aromatic N) is 2. The number of methoxy groups -OCH3 is 1. The molecule has 0 saturated carbocycles. The number of nitrogens with one attached hydrogen (secondary N) is 1. The number of amides is 1. The molecule has 0 fully saturated rings. The van der Waals surface area contributed by atoms with E-state index >= 15 is 0 Å². The standard InChI is InChI=1S/C13H13BrN4O2S/c1-7-11(21-13(15)17-7)12(19)18-16-6-8-3-4-10(20-2)9(14)5-8/h3-6H,1-2H3,(H2,15,17)(H,18,19). The lowest BCUT2D eigenvalue weighted by molar-refractivity contribution is 0.0958. The van der Waals surface area contributed by atoms with Crippen molar-refractivity contribution >= 4 is 44.5 Å². The molecule has 1 aromatic carbocycles. The first kappa shape index (κ1) is 15.5. The van der Waals surface area contributed by atoms with Crippen molar-refractivity contribution in [3.05, 3.63) is 38.8 Å². The summed E-state index contributed by atoms with van der Waals surface area (Å²) in [4.78, 5) is 16.3. The number of aryl methyl sites for hydroxylation is 1. The van der Waals surface area contributed by atoms with Gasteiger partial charge in [0.05, 0.1) is 23.5 Å². The smallest absolute Gasteiger partial charge is 0.283 e. The van der Waals surface area contributed by atoms with Crippen LogP contribution in [0.1, 0.15) is 20.9 Å². The molecule has 0 saturated heterocycles. The van der Waals surface area contributed by atoms with E-state index in [9.17, 15) is 4.79 Å². The van der Waals surface area contributed by atoms with E-state index in [1.54, 1.807) is 26.3 Å². The second-order valence-electron chi connectivity index (χ2n) is 4.06. The van der Waals surface area contributed by atoms with E-state index in [2.05, 4.69) is 31.4 Å². The van der Waals surface area contributed by atoms with E-state index in [1.807, 2.05) is 12.1 Å². The highest BCUT2D eigenvalue weighted by Gasteiger charge is 2.13. The first-order valence-corrected chi connectivity index (χ1v) is 7.52. The highest BCUT2D eigenvalue weighted by Crippen LogP contribution is 2.24. The zero-order chi connectivity index (χ0) is 15.4. The van der Waals surface area contributed by atoms with E-state index in [1.165, 1.54) is 0 Å². The van der Waals surface area contributed by atoms with Crippen LogP contribution in [-0.2, 0) is 0 Å². The predicted molar refractivity (Wildman–Crippen MR) is 87.0 cm³/mol. The topological polar surface area (TPSA) is 89.6 Å². The van der Waals surface area contributed by atoms with E-state index in [-0.39, 0.29) is 5.91 Å². The van der Waals surface area contributed by atoms with Crippen LogP contribution in [0.25, 0.3) is 0 Å². The molecule has 1 aromatic heterocycles. The highest BCUT2D eigenvalue weighted by atomic mass is 79.9. The van der Waals surface area contributed by atoms with Crippen LogP contribution in [0, 0.1) is 6.92 Å². The lowest BCUT2D eigenvalue weighted by atomic mass is 10.2. The van der Waals surface area contributed by atoms with E-state index in [0.717, 1.165) is 27.1 Å². The fourth-order valence-electron chi connectivity index (χ4n) is 1.61. The molecular weight excluding hydrogens is 356 g/mol. The van der Waals surface area contributed by atoms with Gasteiger partial charge in [0, 0.05) is 0 Å². The van der Waals surface area contributed by atoms with Crippen LogP contribution in [-0.4, -0.2) is 24.2 Å². The van der Waals surface area contributed by atoms with Gasteiger partial charge in [-0.15, -0.1) is 0 Å². The summed E-state index contributed by atoms with van der Waals surface area (Å²) >= 11 is 4.52. The van der Waals surface area contributed by atoms with Crippen LogP contribution < -0.4 is 15.9 Å². The third-order valence-corrected chi connectivity index (χ3v) is 4.18. The first-order chi connectivity index (χ1) is 10.0. The number of carbonyl (C=O) groups excluding carboxylic acids is 1. The van der Waals surface area contributed by atoms with E-state index in [0.29, 0.717) is 15.7 Å². The zero-order valence-corrected chi connectivity index (χ0v) is 13.8. The summed E-state index contributed by atoms with van der Waals surface area (Å²) < 4.78 is 5.95. The number of halogens is 1. The Kier molecular flexibility index (Phi) is 4.92. The summed E-state index contributed by atoms with van der Waals surface area (Å²) in [7, 11) is 1.59. The molecule has 1 heterocycles. The molecule has 0 spiro atoms. The van der Waals surface area contributed by atoms with Crippen LogP contribution in [0.4, 0.5) is 5.13 Å².